The molecule has 1 saturated heterocycles. The number of morpholine rings is 1. The monoisotopic (exact) mass is 264 g/mol. The average Bonchev–Trinajstić information content (AvgIpc) is 2.41. The Morgan fingerprint density at radius 1 is 1.47 bits per heavy atom. The second-order valence-electron chi connectivity index (χ2n) is 4.08. The summed E-state index contributed by atoms with van der Waals surface area (Å²) in [6.45, 7) is 2.98. The molecule has 0 radical (unpaired) electrons. The normalized spacial score (nSPS) is 15.7. The summed E-state index contributed by atoms with van der Waals surface area (Å²) in [7, 11) is 0. The predicted molar refractivity (Wildman–Crippen MR) is 71.5 cm³/mol. The zero-order valence-corrected chi connectivity index (χ0v) is 10.4. The van der Waals surface area contributed by atoms with Crippen LogP contribution in [0.1, 0.15) is 5.56 Å². The zero-order valence-electron chi connectivity index (χ0n) is 10.4. The smallest absolute Gasteiger partial charge is 0.332 e. The number of phenolic OH excluding ortho intramolecular Hbond substituents is 1. The summed E-state index contributed by atoms with van der Waals surface area (Å²) >= 11 is 0. The van der Waals surface area contributed by atoms with Crippen molar-refractivity contribution in [3.05, 3.63) is 23.8 Å². The SMILES string of the molecule is NC(=O)NN=Cc1ccc(N2CCOCC2)cc1O. The largest absolute Gasteiger partial charge is 0.507 e. The number of nitrogens with zero attached hydrogens (tertiary/aromatic N) is 2. The van der Waals surface area contributed by atoms with Gasteiger partial charge < -0.3 is 20.5 Å². The van der Waals surface area contributed by atoms with Crippen LogP contribution in [-0.4, -0.2) is 43.7 Å². The predicted octanol–water partition coefficient (Wildman–Crippen LogP) is 0.231. The average molecular weight is 264 g/mol. The fraction of sp³-hybridized carbons (Fsp3) is 0.333. The Labute approximate surface area is 110 Å². The minimum Gasteiger partial charge on any atom is -0.507 e. The molecule has 0 spiro atoms. The van der Waals surface area contributed by atoms with E-state index in [1.807, 2.05) is 6.07 Å². The van der Waals surface area contributed by atoms with Crippen LogP contribution < -0.4 is 16.1 Å². The molecule has 102 valence electrons. The van der Waals surface area contributed by atoms with Crippen molar-refractivity contribution in [2.75, 3.05) is 31.2 Å². The van der Waals surface area contributed by atoms with Crippen molar-refractivity contribution in [1.82, 2.24) is 5.43 Å². The van der Waals surface area contributed by atoms with Crippen molar-refractivity contribution in [3.8, 4) is 5.75 Å². The Morgan fingerprint density at radius 3 is 2.84 bits per heavy atom. The van der Waals surface area contributed by atoms with Crippen molar-refractivity contribution in [3.63, 3.8) is 0 Å². The minimum absolute atomic E-state index is 0.0963. The second kappa shape index (κ2) is 6.05. The van der Waals surface area contributed by atoms with Crippen LogP contribution >= 0.6 is 0 Å². The van der Waals surface area contributed by atoms with Gasteiger partial charge in [-0.05, 0) is 12.1 Å². The molecule has 0 aromatic heterocycles. The van der Waals surface area contributed by atoms with Crippen LogP contribution in [0.4, 0.5) is 10.5 Å². The first-order valence-electron chi connectivity index (χ1n) is 5.91. The van der Waals surface area contributed by atoms with E-state index in [1.54, 1.807) is 12.1 Å². The van der Waals surface area contributed by atoms with E-state index in [1.165, 1.54) is 6.21 Å². The number of urea groups is 1. The molecular weight excluding hydrogens is 248 g/mol. The summed E-state index contributed by atoms with van der Waals surface area (Å²) in [5.41, 5.74) is 8.38. The van der Waals surface area contributed by atoms with Gasteiger partial charge in [-0.15, -0.1) is 0 Å². The molecule has 1 aromatic carbocycles. The number of amides is 2. The van der Waals surface area contributed by atoms with E-state index in [9.17, 15) is 9.90 Å². The molecule has 1 aliphatic heterocycles. The second-order valence-corrected chi connectivity index (χ2v) is 4.08. The van der Waals surface area contributed by atoms with Gasteiger partial charge in [-0.2, -0.15) is 5.10 Å². The number of anilines is 1. The third kappa shape index (κ3) is 3.59. The highest BCUT2D eigenvalue weighted by Gasteiger charge is 2.12. The number of carbonyl (C=O) groups is 1. The molecule has 1 heterocycles. The first-order chi connectivity index (χ1) is 9.16. The van der Waals surface area contributed by atoms with Crippen LogP contribution in [0, 0.1) is 0 Å². The van der Waals surface area contributed by atoms with Gasteiger partial charge in [0.25, 0.3) is 0 Å². The molecule has 7 nitrogen and oxygen atoms in total. The number of nitrogens with one attached hydrogen (secondary N) is 1. The van der Waals surface area contributed by atoms with Gasteiger partial charge in [-0.25, -0.2) is 10.2 Å². The Morgan fingerprint density at radius 2 is 2.21 bits per heavy atom. The number of hydrogen-bond acceptors (Lipinski definition) is 5. The van der Waals surface area contributed by atoms with E-state index in [0.717, 1.165) is 18.8 Å². The summed E-state index contributed by atoms with van der Waals surface area (Å²) in [5.74, 6) is 0.0963. The summed E-state index contributed by atoms with van der Waals surface area (Å²) in [6, 6.07) is 4.53. The Balaban J connectivity index is 2.07. The molecule has 4 N–H and O–H groups in total. The van der Waals surface area contributed by atoms with Gasteiger partial charge in [0.05, 0.1) is 19.4 Å². The third-order valence-corrected chi connectivity index (χ3v) is 2.77. The van der Waals surface area contributed by atoms with Gasteiger partial charge in [-0.1, -0.05) is 0 Å². The molecule has 2 amide bonds. The number of hydrogen-bond donors (Lipinski definition) is 3. The van der Waals surface area contributed by atoms with E-state index in [4.69, 9.17) is 10.5 Å². The van der Waals surface area contributed by atoms with Gasteiger partial charge in [0, 0.05) is 30.4 Å². The van der Waals surface area contributed by atoms with Crippen LogP contribution in [0.25, 0.3) is 0 Å². The lowest BCUT2D eigenvalue weighted by molar-refractivity contribution is 0.122. The molecule has 0 aliphatic carbocycles. The molecule has 0 bridgehead atoms. The number of ether oxygens (including phenoxy) is 1. The van der Waals surface area contributed by atoms with Crippen molar-refractivity contribution < 1.29 is 14.6 Å². The summed E-state index contributed by atoms with van der Waals surface area (Å²) in [5, 5.41) is 13.5. The van der Waals surface area contributed by atoms with Gasteiger partial charge in [0.2, 0.25) is 0 Å². The lowest BCUT2D eigenvalue weighted by atomic mass is 10.2. The maximum Gasteiger partial charge on any atom is 0.332 e. The number of benzene rings is 1. The fourth-order valence-corrected chi connectivity index (χ4v) is 1.82. The molecule has 7 heteroatoms. The highest BCUT2D eigenvalue weighted by atomic mass is 16.5. The number of nitrogens with two attached hydrogens (primary N) is 1. The van der Waals surface area contributed by atoms with Crippen molar-refractivity contribution in [2.24, 2.45) is 10.8 Å². The Bertz CT molecular complexity index is 484. The topological polar surface area (TPSA) is 100 Å². The minimum atomic E-state index is -0.749. The Kier molecular flexibility index (Phi) is 4.19. The highest BCUT2D eigenvalue weighted by Crippen LogP contribution is 2.24. The molecule has 0 saturated carbocycles. The molecule has 1 aromatic rings. The summed E-state index contributed by atoms with van der Waals surface area (Å²) in [4.78, 5) is 12.6. The van der Waals surface area contributed by atoms with Crippen LogP contribution in [0.3, 0.4) is 0 Å². The van der Waals surface area contributed by atoms with Gasteiger partial charge in [-0.3, -0.25) is 0 Å². The van der Waals surface area contributed by atoms with Crippen molar-refractivity contribution in [2.45, 2.75) is 0 Å². The van der Waals surface area contributed by atoms with E-state index < -0.39 is 6.03 Å². The molecule has 2 rings (SSSR count). The lowest BCUT2D eigenvalue weighted by Gasteiger charge is -2.29. The van der Waals surface area contributed by atoms with Crippen molar-refractivity contribution in [1.29, 1.82) is 0 Å². The van der Waals surface area contributed by atoms with Gasteiger partial charge in [0.1, 0.15) is 5.75 Å². The molecular formula is C12H16N4O3. The number of primary amides is 1. The maximum atomic E-state index is 10.5. The van der Waals surface area contributed by atoms with E-state index in [-0.39, 0.29) is 5.75 Å². The zero-order chi connectivity index (χ0) is 13.7. The van der Waals surface area contributed by atoms with Crippen LogP contribution in [0.15, 0.2) is 23.3 Å². The number of phenols is 1. The standard InChI is InChI=1S/C12H16N4O3/c13-12(18)15-14-8-9-1-2-10(7-11(9)17)16-3-5-19-6-4-16/h1-2,7-8,17H,3-6H2,(H3,13,15,18). The van der Waals surface area contributed by atoms with Crippen LogP contribution in [0.2, 0.25) is 0 Å². The fourth-order valence-electron chi connectivity index (χ4n) is 1.82. The molecule has 0 unspecified atom stereocenters. The number of hydrazone groups is 1. The maximum absolute atomic E-state index is 10.5. The van der Waals surface area contributed by atoms with Gasteiger partial charge >= 0.3 is 6.03 Å². The molecule has 1 aliphatic rings. The lowest BCUT2D eigenvalue weighted by Crippen LogP contribution is -2.36. The molecule has 0 atom stereocenters. The van der Waals surface area contributed by atoms with E-state index in [0.29, 0.717) is 18.8 Å². The first-order valence-corrected chi connectivity index (χ1v) is 5.91. The molecule has 1 fully saturated rings. The van der Waals surface area contributed by atoms with Crippen LogP contribution in [0.5, 0.6) is 5.75 Å². The Hall–Kier alpha value is -2.28. The van der Waals surface area contributed by atoms with Crippen molar-refractivity contribution >= 4 is 17.9 Å². The summed E-state index contributed by atoms with van der Waals surface area (Å²) < 4.78 is 5.27. The third-order valence-electron chi connectivity index (χ3n) is 2.77. The van der Waals surface area contributed by atoms with E-state index in [2.05, 4.69) is 15.4 Å². The van der Waals surface area contributed by atoms with Crippen LogP contribution in [-0.2, 0) is 4.74 Å². The molecule has 19 heavy (non-hydrogen) atoms. The number of rotatable bonds is 3. The number of carbonyl (C=O) groups excluding carboxylic acids is 1. The number of aromatic hydroxyl groups is 1. The van der Waals surface area contributed by atoms with Gasteiger partial charge in [0.15, 0.2) is 0 Å². The van der Waals surface area contributed by atoms with E-state index >= 15 is 0 Å². The highest BCUT2D eigenvalue weighted by molar-refractivity contribution is 5.85. The summed E-state index contributed by atoms with van der Waals surface area (Å²) in [6.07, 6.45) is 1.34. The quantitative estimate of drug-likeness (QED) is 0.537. The first kappa shape index (κ1) is 13.2.